The standard InChI is InChI=1S/C13H19FN2O3/c1-5-18-11-10(14)6-9(7-15-11)8-16-12(17)19-13(2,3)4/h6-7H,5,8H2,1-4H3,(H,16,17). The van der Waals surface area contributed by atoms with Crippen molar-refractivity contribution in [1.29, 1.82) is 0 Å². The highest BCUT2D eigenvalue weighted by molar-refractivity contribution is 5.67. The predicted molar refractivity (Wildman–Crippen MR) is 68.4 cm³/mol. The molecule has 1 aromatic heterocycles. The fourth-order valence-electron chi connectivity index (χ4n) is 1.29. The normalized spacial score (nSPS) is 11.0. The van der Waals surface area contributed by atoms with Crippen LogP contribution in [0, 0.1) is 5.82 Å². The van der Waals surface area contributed by atoms with Crippen molar-refractivity contribution >= 4 is 6.09 Å². The largest absolute Gasteiger partial charge is 0.476 e. The number of pyridine rings is 1. The number of hydrogen-bond donors (Lipinski definition) is 1. The van der Waals surface area contributed by atoms with E-state index in [0.717, 1.165) is 0 Å². The van der Waals surface area contributed by atoms with E-state index in [1.54, 1.807) is 27.7 Å². The molecule has 0 fully saturated rings. The number of alkyl carbamates (subject to hydrolysis) is 1. The monoisotopic (exact) mass is 270 g/mol. The fourth-order valence-corrected chi connectivity index (χ4v) is 1.29. The SMILES string of the molecule is CCOc1ncc(CNC(=O)OC(C)(C)C)cc1F. The van der Waals surface area contributed by atoms with Gasteiger partial charge in [0.25, 0.3) is 0 Å². The van der Waals surface area contributed by atoms with Crippen LogP contribution in [0.5, 0.6) is 5.88 Å². The number of aromatic nitrogens is 1. The summed E-state index contributed by atoms with van der Waals surface area (Å²) in [6, 6.07) is 1.27. The minimum absolute atomic E-state index is 0.0384. The second-order valence-electron chi connectivity index (χ2n) is 4.92. The molecule has 0 radical (unpaired) electrons. The van der Waals surface area contributed by atoms with Crippen molar-refractivity contribution in [3.05, 3.63) is 23.6 Å². The van der Waals surface area contributed by atoms with Gasteiger partial charge in [0, 0.05) is 12.7 Å². The van der Waals surface area contributed by atoms with Gasteiger partial charge in [-0.1, -0.05) is 0 Å². The molecule has 1 amide bonds. The number of nitrogens with one attached hydrogen (secondary N) is 1. The van der Waals surface area contributed by atoms with E-state index in [4.69, 9.17) is 9.47 Å². The van der Waals surface area contributed by atoms with Crippen molar-refractivity contribution < 1.29 is 18.7 Å². The molecule has 0 saturated heterocycles. The average molecular weight is 270 g/mol. The Morgan fingerprint density at radius 1 is 1.47 bits per heavy atom. The first-order chi connectivity index (χ1) is 8.81. The number of rotatable bonds is 4. The molecule has 0 aliphatic carbocycles. The van der Waals surface area contributed by atoms with E-state index in [1.165, 1.54) is 12.3 Å². The number of carbonyl (C=O) groups excluding carboxylic acids is 1. The molecule has 0 atom stereocenters. The van der Waals surface area contributed by atoms with Crippen LogP contribution in [0.1, 0.15) is 33.3 Å². The number of amides is 1. The van der Waals surface area contributed by atoms with E-state index in [9.17, 15) is 9.18 Å². The summed E-state index contributed by atoms with van der Waals surface area (Å²) in [5, 5.41) is 2.53. The molecule has 106 valence electrons. The van der Waals surface area contributed by atoms with Gasteiger partial charge in [0.15, 0.2) is 5.82 Å². The van der Waals surface area contributed by atoms with Gasteiger partial charge < -0.3 is 14.8 Å². The van der Waals surface area contributed by atoms with Gasteiger partial charge in [0.1, 0.15) is 5.60 Å². The molecule has 0 aliphatic heterocycles. The van der Waals surface area contributed by atoms with Crippen LogP contribution in [0.25, 0.3) is 0 Å². The molecule has 19 heavy (non-hydrogen) atoms. The van der Waals surface area contributed by atoms with Crippen molar-refractivity contribution in [2.24, 2.45) is 0 Å². The minimum atomic E-state index is -0.563. The maximum absolute atomic E-state index is 13.5. The molecule has 6 heteroatoms. The van der Waals surface area contributed by atoms with Crippen LogP contribution in [0.15, 0.2) is 12.3 Å². The number of hydrogen-bond acceptors (Lipinski definition) is 4. The van der Waals surface area contributed by atoms with E-state index < -0.39 is 17.5 Å². The Bertz CT molecular complexity index is 444. The zero-order valence-corrected chi connectivity index (χ0v) is 11.6. The third-order valence-electron chi connectivity index (χ3n) is 1.98. The first kappa shape index (κ1) is 15.2. The molecule has 0 aromatic carbocycles. The highest BCUT2D eigenvalue weighted by Crippen LogP contribution is 2.14. The number of carbonyl (C=O) groups is 1. The number of nitrogens with zero attached hydrogens (tertiary/aromatic N) is 1. The molecular formula is C13H19FN2O3. The predicted octanol–water partition coefficient (Wildman–Crippen LogP) is 2.64. The van der Waals surface area contributed by atoms with E-state index in [0.29, 0.717) is 12.2 Å². The lowest BCUT2D eigenvalue weighted by Gasteiger charge is -2.19. The number of halogens is 1. The van der Waals surface area contributed by atoms with Gasteiger partial charge in [-0.25, -0.2) is 14.2 Å². The van der Waals surface area contributed by atoms with Crippen LogP contribution >= 0.6 is 0 Å². The zero-order valence-electron chi connectivity index (χ0n) is 11.6. The maximum Gasteiger partial charge on any atom is 0.407 e. The third kappa shape index (κ3) is 5.54. The van der Waals surface area contributed by atoms with Gasteiger partial charge in [0.2, 0.25) is 5.88 Å². The molecule has 0 spiro atoms. The second-order valence-corrected chi connectivity index (χ2v) is 4.92. The Morgan fingerprint density at radius 3 is 2.68 bits per heavy atom. The van der Waals surface area contributed by atoms with Crippen LogP contribution in [-0.4, -0.2) is 23.3 Å². The lowest BCUT2D eigenvalue weighted by Crippen LogP contribution is -2.32. The summed E-state index contributed by atoms with van der Waals surface area (Å²) in [4.78, 5) is 15.2. The van der Waals surface area contributed by atoms with E-state index >= 15 is 0 Å². The Kier molecular flexibility index (Phi) is 5.09. The second kappa shape index (κ2) is 6.36. The highest BCUT2D eigenvalue weighted by Gasteiger charge is 2.16. The van der Waals surface area contributed by atoms with E-state index in [1.807, 2.05) is 0 Å². The Hall–Kier alpha value is -1.85. The summed E-state index contributed by atoms with van der Waals surface area (Å²) in [7, 11) is 0. The molecule has 0 saturated carbocycles. The molecular weight excluding hydrogens is 251 g/mol. The summed E-state index contributed by atoms with van der Waals surface area (Å²) >= 11 is 0. The van der Waals surface area contributed by atoms with Crippen molar-refractivity contribution in [1.82, 2.24) is 10.3 Å². The van der Waals surface area contributed by atoms with Gasteiger partial charge in [-0.3, -0.25) is 0 Å². The molecule has 1 rings (SSSR count). The van der Waals surface area contributed by atoms with Crippen molar-refractivity contribution in [2.45, 2.75) is 39.8 Å². The summed E-state index contributed by atoms with van der Waals surface area (Å²) in [6.07, 6.45) is 0.896. The Morgan fingerprint density at radius 2 is 2.16 bits per heavy atom. The van der Waals surface area contributed by atoms with Crippen LogP contribution in [-0.2, 0) is 11.3 Å². The maximum atomic E-state index is 13.5. The molecule has 1 N–H and O–H groups in total. The third-order valence-corrected chi connectivity index (χ3v) is 1.98. The van der Waals surface area contributed by atoms with Gasteiger partial charge in [0.05, 0.1) is 6.61 Å². The lowest BCUT2D eigenvalue weighted by atomic mass is 10.2. The van der Waals surface area contributed by atoms with E-state index in [-0.39, 0.29) is 12.4 Å². The highest BCUT2D eigenvalue weighted by atomic mass is 19.1. The Balaban J connectivity index is 2.54. The molecule has 0 bridgehead atoms. The van der Waals surface area contributed by atoms with Crippen LogP contribution in [0.2, 0.25) is 0 Å². The van der Waals surface area contributed by atoms with Gasteiger partial charge in [-0.05, 0) is 39.3 Å². The quantitative estimate of drug-likeness (QED) is 0.913. The zero-order chi connectivity index (χ0) is 14.5. The van der Waals surface area contributed by atoms with Crippen molar-refractivity contribution in [3.8, 4) is 5.88 Å². The summed E-state index contributed by atoms with van der Waals surface area (Å²) in [5.41, 5.74) is -0.0290. The molecule has 5 nitrogen and oxygen atoms in total. The van der Waals surface area contributed by atoms with Gasteiger partial charge in [-0.15, -0.1) is 0 Å². The fraction of sp³-hybridized carbons (Fsp3) is 0.538. The molecule has 0 aliphatic rings. The van der Waals surface area contributed by atoms with Gasteiger partial charge in [-0.2, -0.15) is 0 Å². The summed E-state index contributed by atoms with van der Waals surface area (Å²) in [6.45, 7) is 7.55. The first-order valence-electron chi connectivity index (χ1n) is 6.06. The van der Waals surface area contributed by atoms with Crippen LogP contribution < -0.4 is 10.1 Å². The Labute approximate surface area is 112 Å². The molecule has 0 unspecified atom stereocenters. The van der Waals surface area contributed by atoms with Crippen LogP contribution in [0.3, 0.4) is 0 Å². The van der Waals surface area contributed by atoms with E-state index in [2.05, 4.69) is 10.3 Å². The topological polar surface area (TPSA) is 60.5 Å². The smallest absolute Gasteiger partial charge is 0.407 e. The van der Waals surface area contributed by atoms with Crippen molar-refractivity contribution in [2.75, 3.05) is 6.61 Å². The van der Waals surface area contributed by atoms with Crippen molar-refractivity contribution in [3.63, 3.8) is 0 Å². The summed E-state index contributed by atoms with van der Waals surface area (Å²) < 4.78 is 23.5. The minimum Gasteiger partial charge on any atom is -0.476 e. The average Bonchev–Trinajstić information content (AvgIpc) is 2.27. The summed E-state index contributed by atoms with van der Waals surface area (Å²) in [5.74, 6) is -0.589. The molecule has 1 heterocycles. The number of ether oxygens (including phenoxy) is 2. The first-order valence-corrected chi connectivity index (χ1v) is 6.06. The molecule has 1 aromatic rings. The lowest BCUT2D eigenvalue weighted by molar-refractivity contribution is 0.0523. The van der Waals surface area contributed by atoms with Crippen LogP contribution in [0.4, 0.5) is 9.18 Å². The van der Waals surface area contributed by atoms with Gasteiger partial charge >= 0.3 is 6.09 Å².